The van der Waals surface area contributed by atoms with E-state index in [0.717, 1.165) is 12.0 Å². The van der Waals surface area contributed by atoms with Crippen LogP contribution in [0.3, 0.4) is 0 Å². The maximum Gasteiger partial charge on any atom is 0.315 e. The Labute approximate surface area is 201 Å². The molecule has 0 aliphatic carbocycles. The molecule has 3 N–H and O–H groups in total. The Hall–Kier alpha value is -2.65. The van der Waals surface area contributed by atoms with Crippen LogP contribution in [-0.4, -0.2) is 75.9 Å². The summed E-state index contributed by atoms with van der Waals surface area (Å²) in [6.45, 7) is 2.44. The van der Waals surface area contributed by atoms with Gasteiger partial charge in [-0.05, 0) is 31.2 Å². The molecule has 188 valence electrons. The normalized spacial score (nSPS) is 23.2. The standard InChI is InChI=1S/C25H38N4O5/c1-29-18-21(10-6-7-19(17-22(29)30)23(31)26-13-16-33-2)27-24(32)28-25(11-14-34-15-12-25)20-8-4-3-5-9-20/h3-5,8-9,19,21H,6-7,10-18H2,1-2H3,(H,26,31)(H2,27,28,32). The van der Waals surface area contributed by atoms with Crippen molar-refractivity contribution in [2.45, 2.75) is 50.1 Å². The molecule has 0 aromatic heterocycles. The summed E-state index contributed by atoms with van der Waals surface area (Å²) in [7, 11) is 3.31. The van der Waals surface area contributed by atoms with E-state index >= 15 is 0 Å². The van der Waals surface area contributed by atoms with Crippen LogP contribution in [0.25, 0.3) is 0 Å². The minimum absolute atomic E-state index is 0.0915. The van der Waals surface area contributed by atoms with E-state index < -0.39 is 5.54 Å². The third kappa shape index (κ3) is 7.17. The highest BCUT2D eigenvalue weighted by Crippen LogP contribution is 2.32. The molecule has 4 amide bonds. The molecule has 2 heterocycles. The number of hydrogen-bond acceptors (Lipinski definition) is 5. The van der Waals surface area contributed by atoms with Crippen molar-refractivity contribution in [1.29, 1.82) is 0 Å². The van der Waals surface area contributed by atoms with Crippen molar-refractivity contribution >= 4 is 17.8 Å². The number of amides is 4. The van der Waals surface area contributed by atoms with Crippen molar-refractivity contribution in [1.82, 2.24) is 20.9 Å². The second-order valence-corrected chi connectivity index (χ2v) is 9.25. The van der Waals surface area contributed by atoms with Crippen molar-refractivity contribution in [3.63, 3.8) is 0 Å². The fraction of sp³-hybridized carbons (Fsp3) is 0.640. The first-order chi connectivity index (χ1) is 16.4. The first-order valence-electron chi connectivity index (χ1n) is 12.2. The topological polar surface area (TPSA) is 109 Å². The van der Waals surface area contributed by atoms with Gasteiger partial charge < -0.3 is 30.3 Å². The number of carbonyl (C=O) groups is 3. The molecule has 0 saturated carbocycles. The molecule has 9 nitrogen and oxygen atoms in total. The molecule has 2 fully saturated rings. The molecule has 2 aliphatic heterocycles. The number of carbonyl (C=O) groups excluding carboxylic acids is 3. The number of ether oxygens (including phenoxy) is 2. The predicted molar refractivity (Wildman–Crippen MR) is 128 cm³/mol. The maximum absolute atomic E-state index is 13.1. The molecule has 2 saturated heterocycles. The zero-order chi connectivity index (χ0) is 24.4. The van der Waals surface area contributed by atoms with Gasteiger partial charge in [0.25, 0.3) is 0 Å². The first-order valence-corrected chi connectivity index (χ1v) is 12.2. The zero-order valence-corrected chi connectivity index (χ0v) is 20.3. The Morgan fingerprint density at radius 2 is 1.91 bits per heavy atom. The van der Waals surface area contributed by atoms with Gasteiger partial charge in [0.1, 0.15) is 0 Å². The van der Waals surface area contributed by atoms with Crippen molar-refractivity contribution in [2.24, 2.45) is 5.92 Å². The van der Waals surface area contributed by atoms with Crippen LogP contribution in [0, 0.1) is 5.92 Å². The van der Waals surface area contributed by atoms with Gasteiger partial charge >= 0.3 is 6.03 Å². The minimum atomic E-state index is -0.477. The van der Waals surface area contributed by atoms with Crippen LogP contribution in [0.1, 0.15) is 44.1 Å². The summed E-state index contributed by atoms with van der Waals surface area (Å²) in [5.41, 5.74) is 0.590. The van der Waals surface area contributed by atoms with Crippen LogP contribution in [-0.2, 0) is 24.6 Å². The van der Waals surface area contributed by atoms with Crippen molar-refractivity contribution < 1.29 is 23.9 Å². The van der Waals surface area contributed by atoms with Gasteiger partial charge in [0.05, 0.1) is 12.1 Å². The second-order valence-electron chi connectivity index (χ2n) is 9.25. The number of methoxy groups -OCH3 is 1. The van der Waals surface area contributed by atoms with Crippen LogP contribution in [0.5, 0.6) is 0 Å². The Morgan fingerprint density at radius 3 is 2.62 bits per heavy atom. The van der Waals surface area contributed by atoms with Gasteiger partial charge in [-0.1, -0.05) is 36.8 Å². The quantitative estimate of drug-likeness (QED) is 0.522. The van der Waals surface area contributed by atoms with Gasteiger partial charge in [-0.3, -0.25) is 9.59 Å². The van der Waals surface area contributed by atoms with E-state index in [9.17, 15) is 14.4 Å². The minimum Gasteiger partial charge on any atom is -0.383 e. The van der Waals surface area contributed by atoms with Crippen LogP contribution >= 0.6 is 0 Å². The number of hydrogen-bond donors (Lipinski definition) is 3. The molecule has 2 unspecified atom stereocenters. The molecule has 0 radical (unpaired) electrons. The third-order valence-corrected chi connectivity index (χ3v) is 6.78. The Morgan fingerprint density at radius 1 is 1.18 bits per heavy atom. The molecule has 1 aromatic carbocycles. The van der Waals surface area contributed by atoms with E-state index in [1.165, 1.54) is 0 Å². The lowest BCUT2D eigenvalue weighted by molar-refractivity contribution is -0.135. The van der Waals surface area contributed by atoms with Gasteiger partial charge in [0, 0.05) is 58.8 Å². The van der Waals surface area contributed by atoms with Crippen LogP contribution in [0.2, 0.25) is 0 Å². The van der Waals surface area contributed by atoms with E-state index in [1.54, 1.807) is 19.1 Å². The van der Waals surface area contributed by atoms with Gasteiger partial charge in [0.2, 0.25) is 11.8 Å². The smallest absolute Gasteiger partial charge is 0.315 e. The zero-order valence-electron chi connectivity index (χ0n) is 20.3. The summed E-state index contributed by atoms with van der Waals surface area (Å²) in [6.07, 6.45) is 3.61. The number of benzene rings is 1. The van der Waals surface area contributed by atoms with Gasteiger partial charge in [-0.2, -0.15) is 0 Å². The third-order valence-electron chi connectivity index (χ3n) is 6.78. The van der Waals surface area contributed by atoms with E-state index in [2.05, 4.69) is 16.0 Å². The Balaban J connectivity index is 1.61. The molecule has 1 aromatic rings. The lowest BCUT2D eigenvalue weighted by Gasteiger charge is -2.39. The monoisotopic (exact) mass is 474 g/mol. The highest BCUT2D eigenvalue weighted by Gasteiger charge is 2.36. The molecule has 2 aliphatic rings. The van der Waals surface area contributed by atoms with Crippen molar-refractivity contribution in [2.75, 3.05) is 47.1 Å². The van der Waals surface area contributed by atoms with E-state index in [-0.39, 0.29) is 36.2 Å². The molecule has 0 spiro atoms. The highest BCUT2D eigenvalue weighted by atomic mass is 16.5. The first kappa shape index (κ1) is 26.0. The number of nitrogens with one attached hydrogen (secondary N) is 3. The molecule has 3 rings (SSSR count). The highest BCUT2D eigenvalue weighted by molar-refractivity contribution is 5.85. The lowest BCUT2D eigenvalue weighted by atomic mass is 9.83. The SMILES string of the molecule is COCCNC(=O)C1CCCC(NC(=O)NC2(c3ccccc3)CCOCC2)CN(C)C(=O)C1. The number of nitrogens with zero attached hydrogens (tertiary/aromatic N) is 1. The Bertz CT molecular complexity index is 813. The van der Waals surface area contributed by atoms with Crippen LogP contribution in [0.15, 0.2) is 30.3 Å². The average Bonchev–Trinajstić information content (AvgIpc) is 2.90. The summed E-state index contributed by atoms with van der Waals surface area (Å²) in [5, 5.41) is 9.15. The predicted octanol–water partition coefficient (Wildman–Crippen LogP) is 1.77. The average molecular weight is 475 g/mol. The van der Waals surface area contributed by atoms with Gasteiger partial charge in [-0.25, -0.2) is 4.79 Å². The lowest BCUT2D eigenvalue weighted by Crippen LogP contribution is -2.55. The largest absolute Gasteiger partial charge is 0.383 e. The number of urea groups is 1. The van der Waals surface area contributed by atoms with E-state index in [4.69, 9.17) is 9.47 Å². The molecule has 9 heteroatoms. The summed E-state index contributed by atoms with van der Waals surface area (Å²) in [5.74, 6) is -0.582. The number of rotatable bonds is 7. The molecule has 0 bridgehead atoms. The van der Waals surface area contributed by atoms with E-state index in [1.807, 2.05) is 30.3 Å². The summed E-state index contributed by atoms with van der Waals surface area (Å²) >= 11 is 0. The van der Waals surface area contributed by atoms with Crippen LogP contribution in [0.4, 0.5) is 4.79 Å². The molecule has 34 heavy (non-hydrogen) atoms. The fourth-order valence-electron chi connectivity index (χ4n) is 4.77. The fourth-order valence-corrected chi connectivity index (χ4v) is 4.77. The Kier molecular flexibility index (Phi) is 9.71. The second kappa shape index (κ2) is 12.7. The molecular weight excluding hydrogens is 436 g/mol. The summed E-state index contributed by atoms with van der Waals surface area (Å²) < 4.78 is 10.5. The summed E-state index contributed by atoms with van der Waals surface area (Å²) in [4.78, 5) is 40.0. The van der Waals surface area contributed by atoms with Crippen molar-refractivity contribution in [3.8, 4) is 0 Å². The van der Waals surface area contributed by atoms with Gasteiger partial charge in [-0.15, -0.1) is 0 Å². The maximum atomic E-state index is 13.1. The van der Waals surface area contributed by atoms with Crippen molar-refractivity contribution in [3.05, 3.63) is 35.9 Å². The van der Waals surface area contributed by atoms with Gasteiger partial charge in [0.15, 0.2) is 0 Å². The molecule has 2 atom stereocenters. The molecular formula is C25H38N4O5. The summed E-state index contributed by atoms with van der Waals surface area (Å²) in [6, 6.07) is 9.55. The number of likely N-dealkylation sites (N-methyl/N-ethyl adjacent to an activating group) is 1. The van der Waals surface area contributed by atoms with E-state index in [0.29, 0.717) is 58.6 Å². The van der Waals surface area contributed by atoms with Crippen LogP contribution < -0.4 is 16.0 Å².